The van der Waals surface area contributed by atoms with Gasteiger partial charge < -0.3 is 0 Å². The maximum absolute atomic E-state index is 2.44. The Balaban J connectivity index is 1.18. The molecule has 0 atom stereocenters. The van der Waals surface area contributed by atoms with E-state index < -0.39 is 0 Å². The van der Waals surface area contributed by atoms with Crippen molar-refractivity contribution < 1.29 is 0 Å². The molecule has 8 aromatic rings. The molecule has 0 nitrogen and oxygen atoms in total. The summed E-state index contributed by atoms with van der Waals surface area (Å²) in [5.74, 6) is 0. The van der Waals surface area contributed by atoms with Gasteiger partial charge in [-0.05, 0) is 112 Å². The van der Waals surface area contributed by atoms with Gasteiger partial charge in [0.1, 0.15) is 0 Å². The molecule has 0 fully saturated rings. The molecule has 0 aliphatic rings. The monoisotopic (exact) mass is 626 g/mol. The fourth-order valence-corrected chi connectivity index (χ4v) is 12.7. The molecule has 6 aromatic heterocycles. The molecule has 0 bridgehead atoms. The van der Waals surface area contributed by atoms with Crippen molar-refractivity contribution in [2.45, 2.75) is 41.5 Å². The molecule has 8 rings (SSSR count). The maximum Gasteiger partial charge on any atom is 0.0455 e. The van der Waals surface area contributed by atoms with Crippen LogP contribution in [0.4, 0.5) is 0 Å². The molecule has 2 aromatic carbocycles. The van der Waals surface area contributed by atoms with Crippen LogP contribution in [-0.2, 0) is 0 Å². The Morgan fingerprint density at radius 1 is 0.325 bits per heavy atom. The second kappa shape index (κ2) is 9.09. The molecule has 0 aliphatic carbocycles. The van der Waals surface area contributed by atoms with Crippen LogP contribution >= 0.6 is 68.0 Å². The smallest absolute Gasteiger partial charge is 0.0455 e. The summed E-state index contributed by atoms with van der Waals surface area (Å²) in [6.07, 6.45) is 0. The second-order valence-electron chi connectivity index (χ2n) is 10.7. The van der Waals surface area contributed by atoms with E-state index in [0.29, 0.717) is 0 Å². The minimum Gasteiger partial charge on any atom is -0.140 e. The average molecular weight is 627 g/mol. The van der Waals surface area contributed by atoms with Crippen molar-refractivity contribution in [2.75, 3.05) is 0 Å². The predicted octanol–water partition coefficient (Wildman–Crippen LogP) is 13.5. The molecule has 0 radical (unpaired) electrons. The van der Waals surface area contributed by atoms with Gasteiger partial charge in [0.2, 0.25) is 0 Å². The molecule has 0 unspecified atom stereocenters. The second-order valence-corrected chi connectivity index (χ2v) is 17.5. The van der Waals surface area contributed by atoms with E-state index in [2.05, 4.69) is 90.1 Å². The van der Waals surface area contributed by atoms with Crippen molar-refractivity contribution in [3.8, 4) is 29.3 Å². The van der Waals surface area contributed by atoms with Crippen LogP contribution in [0.2, 0.25) is 0 Å². The number of hydrogen-bond acceptors (Lipinski definition) is 6. The SMILES string of the molecule is Cc1cc2c(s1)c(C)c(C)c1sc(-c3ccc(-c4ccc(-c5cc6c(s5)c(C)c(C)c5sc(C)cc56)s4)s3)cc12. The number of rotatable bonds is 3. The third kappa shape index (κ3) is 3.70. The van der Waals surface area contributed by atoms with Crippen LogP contribution in [-0.4, -0.2) is 0 Å². The van der Waals surface area contributed by atoms with E-state index in [-0.39, 0.29) is 0 Å². The van der Waals surface area contributed by atoms with Crippen LogP contribution < -0.4 is 0 Å². The summed E-state index contributed by atoms with van der Waals surface area (Å²) < 4.78 is 5.78. The minimum absolute atomic E-state index is 1.36. The van der Waals surface area contributed by atoms with Gasteiger partial charge >= 0.3 is 0 Å². The Kier molecular flexibility index (Phi) is 5.77. The fraction of sp³-hybridized carbons (Fsp3) is 0.176. The van der Waals surface area contributed by atoms with Gasteiger partial charge in [0, 0.05) is 79.4 Å². The normalized spacial score (nSPS) is 12.2. The van der Waals surface area contributed by atoms with Crippen molar-refractivity contribution in [1.82, 2.24) is 0 Å². The third-order valence-electron chi connectivity index (χ3n) is 8.18. The van der Waals surface area contributed by atoms with Crippen molar-refractivity contribution in [2.24, 2.45) is 0 Å². The summed E-state index contributed by atoms with van der Waals surface area (Å²) in [6, 6.07) is 18.9. The lowest BCUT2D eigenvalue weighted by Crippen LogP contribution is -1.80. The molecule has 0 aliphatic heterocycles. The Morgan fingerprint density at radius 2 is 0.625 bits per heavy atom. The minimum atomic E-state index is 1.36. The molecule has 40 heavy (non-hydrogen) atoms. The van der Waals surface area contributed by atoms with Gasteiger partial charge in [-0.1, -0.05) is 0 Å². The van der Waals surface area contributed by atoms with Crippen molar-refractivity contribution in [3.05, 3.63) is 80.5 Å². The first-order chi connectivity index (χ1) is 19.3. The lowest BCUT2D eigenvalue weighted by Gasteiger charge is -2.03. The molecule has 0 spiro atoms. The molecule has 0 amide bonds. The van der Waals surface area contributed by atoms with Crippen LogP contribution in [0.5, 0.6) is 0 Å². The molecule has 6 heterocycles. The summed E-state index contributed by atoms with van der Waals surface area (Å²) in [7, 11) is 0. The van der Waals surface area contributed by atoms with Crippen LogP contribution in [0.1, 0.15) is 32.0 Å². The van der Waals surface area contributed by atoms with Crippen LogP contribution in [0, 0.1) is 41.5 Å². The number of benzene rings is 2. The van der Waals surface area contributed by atoms with Gasteiger partial charge in [0.05, 0.1) is 0 Å². The molecule has 0 saturated carbocycles. The molecular weight excluding hydrogens is 601 g/mol. The molecule has 6 heteroatoms. The van der Waals surface area contributed by atoms with E-state index in [4.69, 9.17) is 0 Å². The van der Waals surface area contributed by atoms with Gasteiger partial charge in [-0.3, -0.25) is 0 Å². The lowest BCUT2D eigenvalue weighted by atomic mass is 10.0. The van der Waals surface area contributed by atoms with E-state index in [1.165, 1.54) is 102 Å². The van der Waals surface area contributed by atoms with Gasteiger partial charge in [0.25, 0.3) is 0 Å². The number of fused-ring (bicyclic) bond motifs is 6. The topological polar surface area (TPSA) is 0 Å². The number of thiophene rings is 6. The Hall–Kier alpha value is -2.32. The van der Waals surface area contributed by atoms with E-state index in [1.807, 2.05) is 68.0 Å². The highest BCUT2D eigenvalue weighted by atomic mass is 32.1. The first-order valence-corrected chi connectivity index (χ1v) is 18.2. The highest BCUT2D eigenvalue weighted by Gasteiger charge is 2.18. The maximum atomic E-state index is 2.44. The van der Waals surface area contributed by atoms with Gasteiger partial charge in [-0.15, -0.1) is 68.0 Å². The number of aryl methyl sites for hydroxylation is 6. The van der Waals surface area contributed by atoms with Crippen LogP contribution in [0.25, 0.3) is 69.6 Å². The van der Waals surface area contributed by atoms with Gasteiger partial charge in [-0.25, -0.2) is 0 Å². The highest BCUT2D eigenvalue weighted by molar-refractivity contribution is 7.30. The highest BCUT2D eigenvalue weighted by Crippen LogP contribution is 2.49. The van der Waals surface area contributed by atoms with Crippen LogP contribution in [0.15, 0.2) is 48.5 Å². The van der Waals surface area contributed by atoms with E-state index >= 15 is 0 Å². The summed E-state index contributed by atoms with van der Waals surface area (Å²) in [6.45, 7) is 13.6. The Bertz CT molecular complexity index is 2120. The quantitative estimate of drug-likeness (QED) is 0.183. The molecule has 198 valence electrons. The standard InChI is InChI=1S/C34H26S6/c1-15-11-21-23-13-29(39-33(23)19(5)17(3)31(21)35-15)27-9-7-25(37-27)26-8-10-28(38-26)30-14-24-22-12-16(2)36-32(22)18(4)20(6)34(24)40-30/h7-14H,1-6H3. The summed E-state index contributed by atoms with van der Waals surface area (Å²) in [5.41, 5.74) is 5.75. The fourth-order valence-electron chi connectivity index (χ4n) is 5.85. The molecule has 0 N–H and O–H groups in total. The van der Waals surface area contributed by atoms with E-state index in [9.17, 15) is 0 Å². The largest absolute Gasteiger partial charge is 0.140 e. The van der Waals surface area contributed by atoms with Crippen molar-refractivity contribution in [1.29, 1.82) is 0 Å². The van der Waals surface area contributed by atoms with Crippen molar-refractivity contribution in [3.63, 3.8) is 0 Å². The zero-order valence-corrected chi connectivity index (χ0v) is 28.0. The summed E-state index contributed by atoms with van der Waals surface area (Å²) in [5, 5.41) is 5.68. The Morgan fingerprint density at radius 3 is 1.00 bits per heavy atom. The Labute approximate surface area is 257 Å². The zero-order valence-electron chi connectivity index (χ0n) is 23.1. The van der Waals surface area contributed by atoms with E-state index in [0.717, 1.165) is 0 Å². The molecular formula is C34H26S6. The molecule has 0 saturated heterocycles. The predicted molar refractivity (Wildman–Crippen MR) is 188 cm³/mol. The van der Waals surface area contributed by atoms with Gasteiger partial charge in [-0.2, -0.15) is 0 Å². The lowest BCUT2D eigenvalue weighted by molar-refractivity contribution is 1.44. The third-order valence-corrected chi connectivity index (χ3v) is 15.8. The zero-order chi connectivity index (χ0) is 27.4. The first kappa shape index (κ1) is 25.4. The van der Waals surface area contributed by atoms with Crippen LogP contribution in [0.3, 0.4) is 0 Å². The average Bonchev–Trinajstić information content (AvgIpc) is 3.75. The summed E-state index contributed by atoms with van der Waals surface area (Å²) >= 11 is 11.6. The van der Waals surface area contributed by atoms with Crippen molar-refractivity contribution >= 4 is 108 Å². The van der Waals surface area contributed by atoms with E-state index in [1.54, 1.807) is 0 Å². The van der Waals surface area contributed by atoms with Gasteiger partial charge in [0.15, 0.2) is 0 Å². The summed E-state index contributed by atoms with van der Waals surface area (Å²) in [4.78, 5) is 11.0. The number of hydrogen-bond donors (Lipinski definition) is 0. The first-order valence-electron chi connectivity index (χ1n) is 13.3.